The van der Waals surface area contributed by atoms with Crippen LogP contribution in [0.1, 0.15) is 37.6 Å². The Hall–Kier alpha value is -1.82. The quantitative estimate of drug-likeness (QED) is 0.887. The molecule has 2 heterocycles. The average molecular weight is 303 g/mol. The number of nitrogens with one attached hydrogen (secondary N) is 1. The van der Waals surface area contributed by atoms with Gasteiger partial charge in [0.25, 0.3) is 0 Å². The number of aromatic nitrogens is 4. The lowest BCUT2D eigenvalue weighted by Gasteiger charge is -2.21. The van der Waals surface area contributed by atoms with Gasteiger partial charge in [-0.15, -0.1) is 0 Å². The van der Waals surface area contributed by atoms with Crippen LogP contribution in [0.25, 0.3) is 0 Å². The van der Waals surface area contributed by atoms with Crippen LogP contribution < -0.4 is 10.1 Å². The lowest BCUT2D eigenvalue weighted by Crippen LogP contribution is -2.38. The summed E-state index contributed by atoms with van der Waals surface area (Å²) in [6.45, 7) is 5.80. The highest BCUT2D eigenvalue weighted by atomic mass is 16.5. The van der Waals surface area contributed by atoms with E-state index in [2.05, 4.69) is 28.5 Å². The maximum atomic E-state index is 6.13. The minimum Gasteiger partial charge on any atom is -0.486 e. The molecule has 1 N–H and O–H groups in total. The van der Waals surface area contributed by atoms with Crippen LogP contribution in [0.5, 0.6) is 5.75 Å². The Bertz CT molecular complexity index is 618. The predicted octanol–water partition coefficient (Wildman–Crippen LogP) is 2.03. The molecule has 0 saturated heterocycles. The summed E-state index contributed by atoms with van der Waals surface area (Å²) in [5, 5.41) is 12.3. The van der Waals surface area contributed by atoms with Gasteiger partial charge in [-0.1, -0.05) is 0 Å². The van der Waals surface area contributed by atoms with Crippen molar-refractivity contribution >= 4 is 0 Å². The van der Waals surface area contributed by atoms with E-state index in [-0.39, 0.29) is 6.10 Å². The van der Waals surface area contributed by atoms with Crippen molar-refractivity contribution in [3.63, 3.8) is 0 Å². The summed E-state index contributed by atoms with van der Waals surface area (Å²) in [6.07, 6.45) is 7.46. The van der Waals surface area contributed by atoms with Gasteiger partial charge < -0.3 is 10.1 Å². The van der Waals surface area contributed by atoms with Gasteiger partial charge in [0.15, 0.2) is 5.75 Å². The van der Waals surface area contributed by atoms with Crippen LogP contribution in [0.3, 0.4) is 0 Å². The SMILES string of the molecule is CCn1cc(O[C@@H]2CCC[C@@H]2NCc2cc(C)nn2C)cn1. The molecule has 6 heteroatoms. The van der Waals surface area contributed by atoms with Gasteiger partial charge in [0.2, 0.25) is 0 Å². The molecule has 22 heavy (non-hydrogen) atoms. The van der Waals surface area contributed by atoms with Gasteiger partial charge in [0.1, 0.15) is 6.10 Å². The molecule has 1 fully saturated rings. The minimum atomic E-state index is 0.226. The molecule has 0 bridgehead atoms. The molecule has 0 amide bonds. The van der Waals surface area contributed by atoms with Gasteiger partial charge in [-0.2, -0.15) is 10.2 Å². The third kappa shape index (κ3) is 3.32. The Kier molecular flexibility index (Phi) is 4.47. The van der Waals surface area contributed by atoms with Crippen molar-refractivity contribution < 1.29 is 4.74 Å². The number of rotatable bonds is 6. The van der Waals surface area contributed by atoms with Crippen molar-refractivity contribution in [2.45, 2.75) is 58.3 Å². The summed E-state index contributed by atoms with van der Waals surface area (Å²) < 4.78 is 9.96. The molecule has 120 valence electrons. The highest BCUT2D eigenvalue weighted by Crippen LogP contribution is 2.25. The van der Waals surface area contributed by atoms with Crippen molar-refractivity contribution in [3.8, 4) is 5.75 Å². The highest BCUT2D eigenvalue weighted by Gasteiger charge is 2.29. The first kappa shape index (κ1) is 15.1. The molecule has 0 unspecified atom stereocenters. The van der Waals surface area contributed by atoms with E-state index >= 15 is 0 Å². The largest absolute Gasteiger partial charge is 0.486 e. The second kappa shape index (κ2) is 6.52. The van der Waals surface area contributed by atoms with Crippen molar-refractivity contribution in [2.24, 2.45) is 7.05 Å². The van der Waals surface area contributed by atoms with Crippen molar-refractivity contribution in [1.29, 1.82) is 0 Å². The van der Waals surface area contributed by atoms with Gasteiger partial charge in [0.05, 0.1) is 23.8 Å². The first-order valence-electron chi connectivity index (χ1n) is 8.07. The molecular weight excluding hydrogens is 278 g/mol. The van der Waals surface area contributed by atoms with Gasteiger partial charge >= 0.3 is 0 Å². The fraction of sp³-hybridized carbons (Fsp3) is 0.625. The Labute approximate surface area is 131 Å². The molecule has 6 nitrogen and oxygen atoms in total. The number of hydrogen-bond acceptors (Lipinski definition) is 4. The van der Waals surface area contributed by atoms with E-state index in [1.807, 2.05) is 35.7 Å². The first-order chi connectivity index (χ1) is 10.7. The Balaban J connectivity index is 1.57. The predicted molar refractivity (Wildman–Crippen MR) is 84.7 cm³/mol. The molecule has 1 aliphatic carbocycles. The van der Waals surface area contributed by atoms with Crippen molar-refractivity contribution in [3.05, 3.63) is 29.8 Å². The molecule has 0 radical (unpaired) electrons. The molecular formula is C16H25N5O. The molecule has 1 aliphatic rings. The molecule has 2 aromatic heterocycles. The Morgan fingerprint density at radius 2 is 2.27 bits per heavy atom. The van der Waals surface area contributed by atoms with E-state index in [0.717, 1.165) is 37.4 Å². The Morgan fingerprint density at radius 3 is 2.95 bits per heavy atom. The zero-order valence-electron chi connectivity index (χ0n) is 13.6. The molecule has 3 rings (SSSR count). The van der Waals surface area contributed by atoms with Crippen molar-refractivity contribution in [2.75, 3.05) is 0 Å². The summed E-state index contributed by atoms with van der Waals surface area (Å²) in [5.41, 5.74) is 2.27. The zero-order valence-corrected chi connectivity index (χ0v) is 13.6. The molecule has 1 saturated carbocycles. The summed E-state index contributed by atoms with van der Waals surface area (Å²) in [5.74, 6) is 0.872. The maximum Gasteiger partial charge on any atom is 0.157 e. The van der Waals surface area contributed by atoms with Crippen LogP contribution in [0.2, 0.25) is 0 Å². The van der Waals surface area contributed by atoms with E-state index < -0.39 is 0 Å². The molecule has 0 aromatic carbocycles. The fourth-order valence-corrected chi connectivity index (χ4v) is 3.12. The normalized spacial score (nSPS) is 21.4. The van der Waals surface area contributed by atoms with Gasteiger partial charge in [-0.3, -0.25) is 9.36 Å². The maximum absolute atomic E-state index is 6.13. The van der Waals surface area contributed by atoms with Crippen LogP contribution in [-0.4, -0.2) is 31.7 Å². The second-order valence-corrected chi connectivity index (χ2v) is 6.01. The number of ether oxygens (including phenoxy) is 1. The molecule has 0 aliphatic heterocycles. The van der Waals surface area contributed by atoms with Crippen LogP contribution in [0, 0.1) is 6.92 Å². The van der Waals surface area contributed by atoms with Crippen LogP contribution in [-0.2, 0) is 20.1 Å². The first-order valence-corrected chi connectivity index (χ1v) is 8.07. The van der Waals surface area contributed by atoms with Crippen LogP contribution in [0.4, 0.5) is 0 Å². The lowest BCUT2D eigenvalue weighted by atomic mass is 10.2. The second-order valence-electron chi connectivity index (χ2n) is 6.01. The van der Waals surface area contributed by atoms with E-state index in [4.69, 9.17) is 4.74 Å². The van der Waals surface area contributed by atoms with Crippen LogP contribution >= 0.6 is 0 Å². The standard InChI is InChI=1S/C16H25N5O/c1-4-21-11-14(10-18-21)22-16-7-5-6-15(16)17-9-13-8-12(2)19-20(13)3/h8,10-11,15-17H,4-7,9H2,1-3H3/t15-,16+/m0/s1. The van der Waals surface area contributed by atoms with Gasteiger partial charge in [-0.05, 0) is 39.2 Å². The topological polar surface area (TPSA) is 56.9 Å². The zero-order chi connectivity index (χ0) is 15.5. The Morgan fingerprint density at radius 1 is 1.41 bits per heavy atom. The number of hydrogen-bond donors (Lipinski definition) is 1. The third-order valence-electron chi connectivity index (χ3n) is 4.32. The minimum absolute atomic E-state index is 0.226. The van der Waals surface area contributed by atoms with E-state index in [1.54, 1.807) is 0 Å². The molecule has 0 spiro atoms. The summed E-state index contributed by atoms with van der Waals surface area (Å²) in [4.78, 5) is 0. The van der Waals surface area contributed by atoms with Crippen LogP contribution in [0.15, 0.2) is 18.5 Å². The fourth-order valence-electron chi connectivity index (χ4n) is 3.12. The third-order valence-corrected chi connectivity index (χ3v) is 4.32. The highest BCUT2D eigenvalue weighted by molar-refractivity contribution is 5.13. The number of aryl methyl sites for hydroxylation is 3. The smallest absolute Gasteiger partial charge is 0.157 e. The molecule has 2 atom stereocenters. The van der Waals surface area contributed by atoms with Gasteiger partial charge in [-0.25, -0.2) is 0 Å². The summed E-state index contributed by atoms with van der Waals surface area (Å²) in [7, 11) is 1.99. The summed E-state index contributed by atoms with van der Waals surface area (Å²) >= 11 is 0. The van der Waals surface area contributed by atoms with E-state index in [9.17, 15) is 0 Å². The summed E-state index contributed by atoms with van der Waals surface area (Å²) in [6, 6.07) is 2.52. The average Bonchev–Trinajstić information content (AvgIpc) is 3.19. The monoisotopic (exact) mass is 303 g/mol. The van der Waals surface area contributed by atoms with E-state index in [0.29, 0.717) is 6.04 Å². The number of nitrogens with zero attached hydrogens (tertiary/aromatic N) is 4. The lowest BCUT2D eigenvalue weighted by molar-refractivity contribution is 0.173. The van der Waals surface area contributed by atoms with Crippen molar-refractivity contribution in [1.82, 2.24) is 24.9 Å². The van der Waals surface area contributed by atoms with Gasteiger partial charge in [0, 0.05) is 26.2 Å². The van der Waals surface area contributed by atoms with E-state index in [1.165, 1.54) is 12.1 Å². The molecule has 2 aromatic rings.